The summed E-state index contributed by atoms with van der Waals surface area (Å²) in [6, 6.07) is 0. The number of hydrogen-bond donors (Lipinski definition) is 1. The summed E-state index contributed by atoms with van der Waals surface area (Å²) < 4.78 is 35.0. The van der Waals surface area contributed by atoms with Gasteiger partial charge in [0, 0.05) is 13.1 Å². The number of carbonyl (C=O) groups is 1. The molecule has 0 amide bonds. The van der Waals surface area contributed by atoms with E-state index in [1.165, 1.54) is 4.31 Å². The predicted molar refractivity (Wildman–Crippen MR) is 63.4 cm³/mol. The molecule has 1 fully saturated rings. The highest BCUT2D eigenvalue weighted by Gasteiger charge is 2.29. The molecule has 1 aliphatic heterocycles. The highest BCUT2D eigenvalue weighted by molar-refractivity contribution is 7.89. The molecule has 1 atom stereocenters. The zero-order valence-electron chi connectivity index (χ0n) is 10.4. The van der Waals surface area contributed by atoms with Gasteiger partial charge in [-0.2, -0.15) is 4.31 Å². The van der Waals surface area contributed by atoms with E-state index in [1.807, 2.05) is 0 Å². The molecule has 8 heteroatoms. The van der Waals surface area contributed by atoms with Crippen LogP contribution in [0.4, 0.5) is 0 Å². The van der Waals surface area contributed by atoms with E-state index in [4.69, 9.17) is 9.84 Å². The van der Waals surface area contributed by atoms with Crippen molar-refractivity contribution in [1.82, 2.24) is 4.31 Å². The molecule has 0 aromatic carbocycles. The van der Waals surface area contributed by atoms with Crippen LogP contribution in [0.1, 0.15) is 13.3 Å². The first-order valence-corrected chi connectivity index (χ1v) is 7.46. The summed E-state index contributed by atoms with van der Waals surface area (Å²) in [5, 5.41) is 8.94. The molecule has 0 bridgehead atoms. The molecule has 18 heavy (non-hydrogen) atoms. The Balaban J connectivity index is 2.49. The second kappa shape index (κ2) is 7.03. The lowest BCUT2D eigenvalue weighted by Gasteiger charge is -2.31. The number of esters is 1. The fourth-order valence-electron chi connectivity index (χ4n) is 1.63. The van der Waals surface area contributed by atoms with Crippen molar-refractivity contribution >= 4 is 16.0 Å². The predicted octanol–water partition coefficient (Wildman–Crippen LogP) is -1.04. The molecule has 1 aliphatic rings. The maximum atomic E-state index is 11.9. The van der Waals surface area contributed by atoms with Crippen molar-refractivity contribution in [3.8, 4) is 0 Å². The van der Waals surface area contributed by atoms with E-state index in [-0.39, 0.29) is 45.1 Å². The molecule has 106 valence electrons. The van der Waals surface area contributed by atoms with Crippen molar-refractivity contribution in [2.24, 2.45) is 0 Å². The number of morpholine rings is 1. The summed E-state index contributed by atoms with van der Waals surface area (Å²) in [5.41, 5.74) is 0. The average molecular weight is 281 g/mol. The van der Waals surface area contributed by atoms with E-state index in [2.05, 4.69) is 4.74 Å². The third-order valence-electron chi connectivity index (χ3n) is 2.57. The van der Waals surface area contributed by atoms with Crippen LogP contribution in [0.15, 0.2) is 0 Å². The fourth-order valence-corrected chi connectivity index (χ4v) is 3.06. The number of aliphatic hydroxyl groups is 1. The Labute approximate surface area is 107 Å². The van der Waals surface area contributed by atoms with E-state index in [9.17, 15) is 13.2 Å². The Morgan fingerprint density at radius 2 is 2.28 bits per heavy atom. The van der Waals surface area contributed by atoms with Crippen molar-refractivity contribution in [3.05, 3.63) is 0 Å². The Morgan fingerprint density at radius 1 is 1.56 bits per heavy atom. The minimum Gasteiger partial charge on any atom is -0.466 e. The van der Waals surface area contributed by atoms with Crippen molar-refractivity contribution in [1.29, 1.82) is 0 Å². The highest BCUT2D eigenvalue weighted by atomic mass is 32.2. The van der Waals surface area contributed by atoms with Crippen LogP contribution in [0.25, 0.3) is 0 Å². The maximum Gasteiger partial charge on any atom is 0.306 e. The summed E-state index contributed by atoms with van der Waals surface area (Å²) in [7, 11) is -3.50. The average Bonchev–Trinajstić information content (AvgIpc) is 2.37. The van der Waals surface area contributed by atoms with E-state index in [1.54, 1.807) is 6.92 Å². The molecule has 0 aliphatic carbocycles. The van der Waals surface area contributed by atoms with Crippen LogP contribution < -0.4 is 0 Å². The first kappa shape index (κ1) is 15.4. The van der Waals surface area contributed by atoms with E-state index in [0.717, 1.165) is 0 Å². The molecule has 1 N–H and O–H groups in total. The van der Waals surface area contributed by atoms with Gasteiger partial charge in [-0.1, -0.05) is 0 Å². The summed E-state index contributed by atoms with van der Waals surface area (Å²) in [5.74, 6) is -0.794. The Morgan fingerprint density at radius 3 is 2.89 bits per heavy atom. The lowest BCUT2D eigenvalue weighted by atomic mass is 10.3. The maximum absolute atomic E-state index is 11.9. The highest BCUT2D eigenvalue weighted by Crippen LogP contribution is 2.11. The molecule has 0 aromatic heterocycles. The molecule has 1 heterocycles. The Hall–Kier alpha value is -0.700. The number of nitrogens with zero attached hydrogens (tertiary/aromatic N) is 1. The van der Waals surface area contributed by atoms with Crippen LogP contribution in [0.5, 0.6) is 0 Å². The number of sulfonamides is 1. The van der Waals surface area contributed by atoms with Crippen molar-refractivity contribution in [2.45, 2.75) is 19.4 Å². The second-order valence-corrected chi connectivity index (χ2v) is 5.99. The third-order valence-corrected chi connectivity index (χ3v) is 4.41. The normalized spacial score (nSPS) is 21.8. The molecular weight excluding hydrogens is 262 g/mol. The molecule has 1 unspecified atom stereocenters. The first-order valence-electron chi connectivity index (χ1n) is 5.85. The topological polar surface area (TPSA) is 93.1 Å². The van der Waals surface area contributed by atoms with Crippen LogP contribution in [0, 0.1) is 0 Å². The molecule has 0 saturated carbocycles. The number of rotatable bonds is 6. The summed E-state index contributed by atoms with van der Waals surface area (Å²) in [6.45, 7) is 2.32. The fraction of sp³-hybridized carbons (Fsp3) is 0.900. The molecule has 1 saturated heterocycles. The molecule has 1 rings (SSSR count). The molecule has 0 aromatic rings. The SMILES string of the molecule is CCOC(=O)CCS(=O)(=O)N1CCOC(CO)C1. The van der Waals surface area contributed by atoms with Crippen molar-refractivity contribution < 1.29 is 27.8 Å². The van der Waals surface area contributed by atoms with Crippen LogP contribution in [-0.2, 0) is 24.3 Å². The zero-order valence-corrected chi connectivity index (χ0v) is 11.2. The molecule has 7 nitrogen and oxygen atoms in total. The lowest BCUT2D eigenvalue weighted by molar-refractivity contribution is -0.142. The standard InChI is InChI=1S/C10H19NO6S/c1-2-16-10(13)3-6-18(14,15)11-4-5-17-9(7-11)8-12/h9,12H,2-8H2,1H3. The van der Waals surface area contributed by atoms with Gasteiger partial charge >= 0.3 is 5.97 Å². The quantitative estimate of drug-likeness (QED) is 0.625. The van der Waals surface area contributed by atoms with Gasteiger partial charge in [0.25, 0.3) is 0 Å². The van der Waals surface area contributed by atoms with Crippen LogP contribution in [0.3, 0.4) is 0 Å². The van der Waals surface area contributed by atoms with Gasteiger partial charge in [-0.05, 0) is 6.92 Å². The minimum atomic E-state index is -3.50. The summed E-state index contributed by atoms with van der Waals surface area (Å²) >= 11 is 0. The second-order valence-electron chi connectivity index (χ2n) is 3.90. The van der Waals surface area contributed by atoms with Gasteiger partial charge in [-0.25, -0.2) is 8.42 Å². The molecular formula is C10H19NO6S. The summed E-state index contributed by atoms with van der Waals surface area (Å²) in [4.78, 5) is 11.1. The lowest BCUT2D eigenvalue weighted by Crippen LogP contribution is -2.47. The van der Waals surface area contributed by atoms with Gasteiger partial charge in [0.1, 0.15) is 0 Å². The van der Waals surface area contributed by atoms with Gasteiger partial charge < -0.3 is 14.6 Å². The van der Waals surface area contributed by atoms with Gasteiger partial charge in [0.15, 0.2) is 0 Å². The smallest absolute Gasteiger partial charge is 0.306 e. The Bertz CT molecular complexity index is 369. The summed E-state index contributed by atoms with van der Waals surface area (Å²) in [6.07, 6.45) is -0.645. The largest absolute Gasteiger partial charge is 0.466 e. The third kappa shape index (κ3) is 4.52. The monoisotopic (exact) mass is 281 g/mol. The van der Waals surface area contributed by atoms with Crippen LogP contribution in [0.2, 0.25) is 0 Å². The van der Waals surface area contributed by atoms with E-state index in [0.29, 0.717) is 0 Å². The van der Waals surface area contributed by atoms with Crippen molar-refractivity contribution in [3.63, 3.8) is 0 Å². The van der Waals surface area contributed by atoms with E-state index < -0.39 is 22.1 Å². The van der Waals surface area contributed by atoms with Gasteiger partial charge in [-0.15, -0.1) is 0 Å². The van der Waals surface area contributed by atoms with Crippen LogP contribution >= 0.6 is 0 Å². The Kier molecular flexibility index (Phi) is 6.00. The van der Waals surface area contributed by atoms with Crippen molar-refractivity contribution in [2.75, 3.05) is 38.7 Å². The number of ether oxygens (including phenoxy) is 2. The van der Waals surface area contributed by atoms with Gasteiger partial charge in [0.2, 0.25) is 10.0 Å². The zero-order chi connectivity index (χ0) is 13.6. The number of aliphatic hydroxyl groups excluding tert-OH is 1. The number of hydrogen-bond acceptors (Lipinski definition) is 6. The molecule has 0 radical (unpaired) electrons. The molecule has 0 spiro atoms. The van der Waals surface area contributed by atoms with E-state index >= 15 is 0 Å². The minimum absolute atomic E-state index is 0.127. The van der Waals surface area contributed by atoms with Gasteiger partial charge in [-0.3, -0.25) is 4.79 Å². The first-order chi connectivity index (χ1) is 8.49. The van der Waals surface area contributed by atoms with Gasteiger partial charge in [0.05, 0.1) is 38.1 Å². The van der Waals surface area contributed by atoms with Crippen LogP contribution in [-0.4, -0.2) is 68.6 Å². The number of carbonyl (C=O) groups excluding carboxylic acids is 1.